The van der Waals surface area contributed by atoms with Gasteiger partial charge in [-0.3, -0.25) is 4.79 Å². The molecule has 4 heteroatoms. The van der Waals surface area contributed by atoms with Crippen molar-refractivity contribution in [1.29, 1.82) is 5.26 Å². The Morgan fingerprint density at radius 3 is 2.30 bits per heavy atom. The molecule has 0 aliphatic heterocycles. The molecule has 0 saturated heterocycles. The molecular formula is C19H21NO3. The lowest BCUT2D eigenvalue weighted by Crippen LogP contribution is -2.49. The van der Waals surface area contributed by atoms with Gasteiger partial charge in [0.05, 0.1) is 24.7 Å². The van der Waals surface area contributed by atoms with Gasteiger partial charge in [-0.1, -0.05) is 0 Å². The van der Waals surface area contributed by atoms with E-state index in [4.69, 9.17) is 14.7 Å². The van der Waals surface area contributed by atoms with Crippen LogP contribution in [-0.4, -0.2) is 13.1 Å². The van der Waals surface area contributed by atoms with E-state index < -0.39 is 0 Å². The minimum atomic E-state index is -0.109. The number of nitriles is 1. The first-order chi connectivity index (χ1) is 11.2. The van der Waals surface area contributed by atoms with Crippen molar-refractivity contribution in [1.82, 2.24) is 0 Å². The Bertz CT molecular complexity index is 648. The van der Waals surface area contributed by atoms with Crippen molar-refractivity contribution in [2.24, 2.45) is 29.6 Å². The standard InChI is InChI=1S/C19H21NO3/c1-22-17-9-11(10-20)2-3-16(17)23-19(21)18-14-5-12-4-13(7-14)8-15(18)6-12/h2-3,9,12-15,18H,4-8H2,1H3. The quantitative estimate of drug-likeness (QED) is 0.633. The van der Waals surface area contributed by atoms with Gasteiger partial charge in [0.1, 0.15) is 0 Å². The average Bonchev–Trinajstić information content (AvgIpc) is 2.54. The molecule has 4 aliphatic rings. The molecule has 4 saturated carbocycles. The van der Waals surface area contributed by atoms with Gasteiger partial charge in [0.15, 0.2) is 11.5 Å². The van der Waals surface area contributed by atoms with Crippen molar-refractivity contribution in [3.8, 4) is 17.6 Å². The van der Waals surface area contributed by atoms with Crippen LogP contribution in [0.15, 0.2) is 18.2 Å². The van der Waals surface area contributed by atoms with E-state index in [1.54, 1.807) is 18.2 Å². The van der Waals surface area contributed by atoms with Crippen LogP contribution in [0.5, 0.6) is 11.5 Å². The number of benzene rings is 1. The highest BCUT2D eigenvalue weighted by molar-refractivity contribution is 5.77. The molecule has 0 unspecified atom stereocenters. The zero-order valence-corrected chi connectivity index (χ0v) is 13.3. The SMILES string of the molecule is COc1cc(C#N)ccc1OC(=O)C1C2CC3CC(C2)CC1C3. The Hall–Kier alpha value is -2.02. The summed E-state index contributed by atoms with van der Waals surface area (Å²) in [4.78, 5) is 12.8. The number of carbonyl (C=O) groups excluding carboxylic acids is 1. The molecular weight excluding hydrogens is 290 g/mol. The molecule has 0 aromatic heterocycles. The van der Waals surface area contributed by atoms with Crippen LogP contribution < -0.4 is 9.47 Å². The van der Waals surface area contributed by atoms with E-state index >= 15 is 0 Å². The number of hydrogen-bond acceptors (Lipinski definition) is 4. The van der Waals surface area contributed by atoms with Crippen molar-refractivity contribution in [3.63, 3.8) is 0 Å². The number of hydrogen-bond donors (Lipinski definition) is 0. The van der Waals surface area contributed by atoms with Gasteiger partial charge in [-0.2, -0.15) is 5.26 Å². The van der Waals surface area contributed by atoms with Crippen LogP contribution in [0.4, 0.5) is 0 Å². The second-order valence-electron chi connectivity index (χ2n) is 7.36. The summed E-state index contributed by atoms with van der Waals surface area (Å²) in [7, 11) is 1.52. The third-order valence-corrected chi connectivity index (χ3v) is 6.00. The van der Waals surface area contributed by atoms with Crippen LogP contribution >= 0.6 is 0 Å². The van der Waals surface area contributed by atoms with E-state index in [-0.39, 0.29) is 11.9 Å². The first-order valence-corrected chi connectivity index (χ1v) is 8.47. The lowest BCUT2D eigenvalue weighted by atomic mass is 9.52. The molecule has 1 aromatic rings. The number of rotatable bonds is 3. The lowest BCUT2D eigenvalue weighted by molar-refractivity contribution is -0.152. The van der Waals surface area contributed by atoms with E-state index in [9.17, 15) is 4.79 Å². The zero-order valence-electron chi connectivity index (χ0n) is 13.3. The second kappa shape index (κ2) is 5.56. The van der Waals surface area contributed by atoms with Gasteiger partial charge in [-0.05, 0) is 67.9 Å². The molecule has 4 fully saturated rings. The number of methoxy groups -OCH3 is 1. The maximum atomic E-state index is 12.8. The highest BCUT2D eigenvalue weighted by Crippen LogP contribution is 2.56. The summed E-state index contributed by atoms with van der Waals surface area (Å²) in [5, 5.41) is 8.96. The van der Waals surface area contributed by atoms with Gasteiger partial charge in [-0.25, -0.2) is 0 Å². The summed E-state index contributed by atoms with van der Waals surface area (Å²) in [6, 6.07) is 6.99. The van der Waals surface area contributed by atoms with Crippen molar-refractivity contribution in [2.45, 2.75) is 32.1 Å². The van der Waals surface area contributed by atoms with Gasteiger partial charge in [0, 0.05) is 6.07 Å². The second-order valence-corrected chi connectivity index (χ2v) is 7.36. The summed E-state index contributed by atoms with van der Waals surface area (Å²) in [6.07, 6.45) is 6.14. The van der Waals surface area contributed by atoms with Crippen LogP contribution in [0.1, 0.15) is 37.7 Å². The van der Waals surface area contributed by atoms with Crippen LogP contribution in [0.3, 0.4) is 0 Å². The van der Waals surface area contributed by atoms with E-state index in [0.29, 0.717) is 28.9 Å². The third-order valence-electron chi connectivity index (χ3n) is 6.00. The van der Waals surface area contributed by atoms with E-state index in [2.05, 4.69) is 6.07 Å². The van der Waals surface area contributed by atoms with E-state index in [0.717, 1.165) is 11.8 Å². The minimum absolute atomic E-state index is 0.0446. The van der Waals surface area contributed by atoms with Crippen molar-refractivity contribution < 1.29 is 14.3 Å². The van der Waals surface area contributed by atoms with Gasteiger partial charge in [-0.15, -0.1) is 0 Å². The Morgan fingerprint density at radius 2 is 1.74 bits per heavy atom. The maximum Gasteiger partial charge on any atom is 0.315 e. The molecule has 4 aliphatic carbocycles. The third kappa shape index (κ3) is 2.49. The maximum absolute atomic E-state index is 12.8. The first-order valence-electron chi connectivity index (χ1n) is 8.47. The fourth-order valence-electron chi connectivity index (χ4n) is 5.31. The first kappa shape index (κ1) is 14.6. The molecule has 0 radical (unpaired) electrons. The minimum Gasteiger partial charge on any atom is -0.493 e. The fraction of sp³-hybridized carbons (Fsp3) is 0.579. The van der Waals surface area contributed by atoms with Crippen LogP contribution in [0, 0.1) is 40.9 Å². The molecule has 4 nitrogen and oxygen atoms in total. The van der Waals surface area contributed by atoms with Gasteiger partial charge in [0.2, 0.25) is 0 Å². The average molecular weight is 311 g/mol. The topological polar surface area (TPSA) is 59.3 Å². The largest absolute Gasteiger partial charge is 0.493 e. The Kier molecular flexibility index (Phi) is 3.52. The lowest BCUT2D eigenvalue weighted by Gasteiger charge is -2.53. The fourth-order valence-corrected chi connectivity index (χ4v) is 5.31. The summed E-state index contributed by atoms with van der Waals surface area (Å²) in [5.74, 6) is 3.49. The predicted molar refractivity (Wildman–Crippen MR) is 83.9 cm³/mol. The predicted octanol–water partition coefficient (Wildman–Crippen LogP) is 3.54. The Balaban J connectivity index is 1.53. The molecule has 23 heavy (non-hydrogen) atoms. The summed E-state index contributed by atoms with van der Waals surface area (Å²) < 4.78 is 11.0. The number of carbonyl (C=O) groups is 1. The molecule has 4 bridgehead atoms. The van der Waals surface area contributed by atoms with Crippen LogP contribution in [-0.2, 0) is 4.79 Å². The zero-order chi connectivity index (χ0) is 16.0. The highest BCUT2D eigenvalue weighted by Gasteiger charge is 2.51. The van der Waals surface area contributed by atoms with Gasteiger partial charge >= 0.3 is 5.97 Å². The van der Waals surface area contributed by atoms with Crippen molar-refractivity contribution >= 4 is 5.97 Å². The summed E-state index contributed by atoms with van der Waals surface area (Å²) in [6.45, 7) is 0. The highest BCUT2D eigenvalue weighted by atomic mass is 16.6. The molecule has 0 N–H and O–H groups in total. The van der Waals surface area contributed by atoms with Crippen LogP contribution in [0.25, 0.3) is 0 Å². The van der Waals surface area contributed by atoms with Gasteiger partial charge in [0.25, 0.3) is 0 Å². The molecule has 5 rings (SSSR count). The smallest absolute Gasteiger partial charge is 0.315 e. The summed E-state index contributed by atoms with van der Waals surface area (Å²) in [5.41, 5.74) is 0.497. The van der Waals surface area contributed by atoms with Crippen LogP contribution in [0.2, 0.25) is 0 Å². The molecule has 1 aromatic carbocycles. The van der Waals surface area contributed by atoms with E-state index in [1.165, 1.54) is 39.2 Å². The Labute approximate surface area is 136 Å². The monoisotopic (exact) mass is 311 g/mol. The van der Waals surface area contributed by atoms with Gasteiger partial charge < -0.3 is 9.47 Å². The normalized spacial score (nSPS) is 34.0. The molecule has 0 amide bonds. The number of esters is 1. The summed E-state index contributed by atoms with van der Waals surface area (Å²) >= 11 is 0. The van der Waals surface area contributed by atoms with Crippen molar-refractivity contribution in [2.75, 3.05) is 7.11 Å². The molecule has 120 valence electrons. The molecule has 0 heterocycles. The number of nitrogens with zero attached hydrogens (tertiary/aromatic N) is 1. The molecule has 0 spiro atoms. The Morgan fingerprint density at radius 1 is 1.09 bits per heavy atom. The number of ether oxygens (including phenoxy) is 2. The molecule has 0 atom stereocenters. The van der Waals surface area contributed by atoms with Crippen molar-refractivity contribution in [3.05, 3.63) is 23.8 Å². The van der Waals surface area contributed by atoms with E-state index in [1.807, 2.05) is 0 Å².